The SMILES string of the molecule is CCOCCNC(=O)NCCCCCC(=O)CCCOCCOCCNS(=O)(=O)c1cccc(C2CN(C)Cc3c(Cl)cc(Cl)cc32)c1. The number of ketones is 1. The van der Waals surface area contributed by atoms with Crippen LogP contribution in [0.4, 0.5) is 4.79 Å². The molecule has 0 radical (unpaired) electrons. The van der Waals surface area contributed by atoms with E-state index in [4.69, 9.17) is 37.4 Å². The van der Waals surface area contributed by atoms with E-state index in [9.17, 15) is 18.0 Å². The van der Waals surface area contributed by atoms with Gasteiger partial charge in [-0.25, -0.2) is 17.9 Å². The number of Topliss-reactive ketones (excluding diaryl/α,β-unsaturated/α-hetero) is 1. The number of carbonyl (C=O) groups is 2. The highest BCUT2D eigenvalue weighted by Gasteiger charge is 2.28. The van der Waals surface area contributed by atoms with Gasteiger partial charge in [-0.1, -0.05) is 41.8 Å². The minimum atomic E-state index is -3.74. The normalized spacial score (nSPS) is 14.9. The van der Waals surface area contributed by atoms with E-state index in [2.05, 4.69) is 20.3 Å². The lowest BCUT2D eigenvalue weighted by atomic mass is 9.85. The fourth-order valence-corrected chi connectivity index (χ4v) is 7.08. The average Bonchev–Trinajstić information content (AvgIpc) is 3.05. The molecule has 2 amide bonds. The molecule has 0 aliphatic carbocycles. The van der Waals surface area contributed by atoms with E-state index in [1.807, 2.05) is 26.1 Å². The van der Waals surface area contributed by atoms with Gasteiger partial charge in [0, 0.05) is 74.7 Å². The van der Waals surface area contributed by atoms with Crippen LogP contribution in [0, 0.1) is 0 Å². The van der Waals surface area contributed by atoms with Crippen molar-refractivity contribution in [1.29, 1.82) is 0 Å². The molecule has 3 rings (SSSR count). The summed E-state index contributed by atoms with van der Waals surface area (Å²) < 4.78 is 44.9. The molecule has 1 aliphatic rings. The smallest absolute Gasteiger partial charge is 0.314 e. The number of likely N-dealkylation sites (N-methyl/N-ethyl adjacent to an activating group) is 1. The monoisotopic (exact) mass is 728 g/mol. The maximum absolute atomic E-state index is 13.0. The van der Waals surface area contributed by atoms with Crippen LogP contribution < -0.4 is 15.4 Å². The Bertz CT molecular complexity index is 1410. The summed E-state index contributed by atoms with van der Waals surface area (Å²) in [4.78, 5) is 26.0. The summed E-state index contributed by atoms with van der Waals surface area (Å²) in [6, 6.07) is 10.4. The molecule has 0 bridgehead atoms. The van der Waals surface area contributed by atoms with Crippen molar-refractivity contribution >= 4 is 45.0 Å². The van der Waals surface area contributed by atoms with Crippen LogP contribution in [-0.4, -0.2) is 98.0 Å². The lowest BCUT2D eigenvalue weighted by molar-refractivity contribution is -0.119. The summed E-state index contributed by atoms with van der Waals surface area (Å²) in [6.07, 6.45) is 4.14. The molecule has 0 fully saturated rings. The van der Waals surface area contributed by atoms with Crippen molar-refractivity contribution in [3.63, 3.8) is 0 Å². The molecule has 0 aromatic heterocycles. The summed E-state index contributed by atoms with van der Waals surface area (Å²) in [5, 5.41) is 6.69. The first-order valence-corrected chi connectivity index (χ1v) is 18.9. The topological polar surface area (TPSA) is 135 Å². The molecule has 11 nitrogen and oxygen atoms in total. The molecule has 3 N–H and O–H groups in total. The van der Waals surface area contributed by atoms with Crippen molar-refractivity contribution in [2.75, 3.05) is 72.9 Å². The van der Waals surface area contributed by atoms with Crippen molar-refractivity contribution in [1.82, 2.24) is 20.3 Å². The van der Waals surface area contributed by atoms with Crippen LogP contribution in [0.25, 0.3) is 0 Å². The molecule has 1 atom stereocenters. The minimum absolute atomic E-state index is 0.0668. The molecule has 0 spiro atoms. The Kier molecular flexibility index (Phi) is 18.2. The van der Waals surface area contributed by atoms with Gasteiger partial charge in [0.15, 0.2) is 0 Å². The highest BCUT2D eigenvalue weighted by Crippen LogP contribution is 2.38. The number of rotatable bonds is 23. The van der Waals surface area contributed by atoms with E-state index < -0.39 is 10.0 Å². The number of urea groups is 1. The van der Waals surface area contributed by atoms with Gasteiger partial charge in [-0.3, -0.25) is 4.79 Å². The molecule has 2 aromatic carbocycles. The summed E-state index contributed by atoms with van der Waals surface area (Å²) in [5.74, 6) is 0.141. The van der Waals surface area contributed by atoms with Crippen LogP contribution in [0.3, 0.4) is 0 Å². The van der Waals surface area contributed by atoms with Gasteiger partial charge in [0.25, 0.3) is 0 Å². The number of carbonyl (C=O) groups excluding carboxylic acids is 2. The maximum atomic E-state index is 13.0. The average molecular weight is 730 g/mol. The number of nitrogens with zero attached hydrogens (tertiary/aromatic N) is 1. The number of hydrogen-bond donors (Lipinski definition) is 3. The van der Waals surface area contributed by atoms with Crippen molar-refractivity contribution < 1.29 is 32.2 Å². The number of fused-ring (bicyclic) bond motifs is 1. The van der Waals surface area contributed by atoms with Crippen LogP contribution in [0.2, 0.25) is 10.0 Å². The molecule has 2 aromatic rings. The van der Waals surface area contributed by atoms with Crippen LogP contribution in [0.5, 0.6) is 0 Å². The summed E-state index contributed by atoms with van der Waals surface area (Å²) in [7, 11) is -1.73. The standard InChI is InChI=1S/C34H50Cl2N4O7S/c1-3-45-17-14-38-34(42)37-13-6-4-5-10-28(41)11-8-16-46-19-20-47-18-15-39-48(43,44)29-12-7-9-26(21-29)31-24-40(2)25-32-30(31)22-27(35)23-33(32)36/h7,9,12,21-23,31,39H,3-6,8,10-11,13-20,24-25H2,1-2H3,(H2,37,38,42). The summed E-state index contributed by atoms with van der Waals surface area (Å²) in [6.45, 7) is 6.97. The quantitative estimate of drug-likeness (QED) is 0.134. The Morgan fingerprint density at radius 1 is 0.875 bits per heavy atom. The number of sulfonamides is 1. The number of nitrogens with one attached hydrogen (secondary N) is 3. The molecule has 1 aliphatic heterocycles. The van der Waals surface area contributed by atoms with Gasteiger partial charge >= 0.3 is 6.03 Å². The first-order chi connectivity index (χ1) is 23.1. The first-order valence-electron chi connectivity index (χ1n) is 16.6. The van der Waals surface area contributed by atoms with Gasteiger partial charge in [-0.15, -0.1) is 0 Å². The largest absolute Gasteiger partial charge is 0.380 e. The van der Waals surface area contributed by atoms with Crippen LogP contribution in [0.1, 0.15) is 68.1 Å². The Morgan fingerprint density at radius 3 is 2.40 bits per heavy atom. The van der Waals surface area contributed by atoms with Crippen molar-refractivity contribution in [3.05, 3.63) is 63.1 Å². The van der Waals surface area contributed by atoms with Crippen molar-refractivity contribution in [2.24, 2.45) is 0 Å². The van der Waals surface area contributed by atoms with E-state index in [1.54, 1.807) is 24.3 Å². The molecule has 14 heteroatoms. The maximum Gasteiger partial charge on any atom is 0.314 e. The third-order valence-corrected chi connectivity index (χ3v) is 9.89. The number of ether oxygens (including phenoxy) is 3. The van der Waals surface area contributed by atoms with Gasteiger partial charge in [0.2, 0.25) is 10.0 Å². The van der Waals surface area contributed by atoms with Gasteiger partial charge in [-0.2, -0.15) is 0 Å². The molecular formula is C34H50Cl2N4O7S. The predicted molar refractivity (Wildman–Crippen MR) is 189 cm³/mol. The van der Waals surface area contributed by atoms with Crippen LogP contribution in [-0.2, 0) is 35.6 Å². The van der Waals surface area contributed by atoms with Crippen LogP contribution in [0.15, 0.2) is 41.3 Å². The third kappa shape index (κ3) is 14.3. The van der Waals surface area contributed by atoms with Crippen LogP contribution >= 0.6 is 23.2 Å². The molecule has 1 heterocycles. The van der Waals surface area contributed by atoms with Crippen molar-refractivity contribution in [3.8, 4) is 0 Å². The number of amides is 2. The summed E-state index contributed by atoms with van der Waals surface area (Å²) >= 11 is 12.8. The highest BCUT2D eigenvalue weighted by molar-refractivity contribution is 7.89. The first kappa shape index (κ1) is 40.1. The molecule has 0 saturated heterocycles. The van der Waals surface area contributed by atoms with Crippen molar-refractivity contribution in [2.45, 2.75) is 62.8 Å². The zero-order valence-corrected chi connectivity index (χ0v) is 30.4. The lowest BCUT2D eigenvalue weighted by Crippen LogP contribution is -2.37. The van der Waals surface area contributed by atoms with E-state index in [0.717, 1.165) is 36.0 Å². The lowest BCUT2D eigenvalue weighted by Gasteiger charge is -2.33. The zero-order chi connectivity index (χ0) is 34.8. The van der Waals surface area contributed by atoms with E-state index in [-0.39, 0.29) is 35.8 Å². The highest BCUT2D eigenvalue weighted by atomic mass is 35.5. The number of benzene rings is 2. The summed E-state index contributed by atoms with van der Waals surface area (Å²) in [5.41, 5.74) is 2.90. The molecule has 268 valence electrons. The minimum Gasteiger partial charge on any atom is -0.380 e. The predicted octanol–water partition coefficient (Wildman–Crippen LogP) is 5.13. The Balaban J connectivity index is 1.23. The van der Waals surface area contributed by atoms with E-state index in [1.165, 1.54) is 0 Å². The van der Waals surface area contributed by atoms with Gasteiger partial charge in [0.05, 0.1) is 31.3 Å². The molecular weight excluding hydrogens is 679 g/mol. The second-order valence-electron chi connectivity index (χ2n) is 11.7. The number of unbranched alkanes of at least 4 members (excludes halogenated alkanes) is 2. The third-order valence-electron chi connectivity index (χ3n) is 7.87. The van der Waals surface area contributed by atoms with Gasteiger partial charge in [-0.05, 0) is 74.2 Å². The Morgan fingerprint density at radius 2 is 1.60 bits per heavy atom. The second-order valence-corrected chi connectivity index (χ2v) is 14.3. The fourth-order valence-electron chi connectivity index (χ4n) is 5.45. The fraction of sp³-hybridized carbons (Fsp3) is 0.588. The van der Waals surface area contributed by atoms with E-state index in [0.29, 0.717) is 88.5 Å². The Hall–Kier alpha value is -2.29. The number of halogens is 2. The zero-order valence-electron chi connectivity index (χ0n) is 28.0. The molecule has 1 unspecified atom stereocenters. The molecule has 48 heavy (non-hydrogen) atoms. The van der Waals surface area contributed by atoms with Gasteiger partial charge in [0.1, 0.15) is 5.78 Å². The number of hydrogen-bond acceptors (Lipinski definition) is 8. The Labute approximate surface area is 295 Å². The van der Waals surface area contributed by atoms with Gasteiger partial charge < -0.3 is 29.7 Å². The van der Waals surface area contributed by atoms with E-state index >= 15 is 0 Å². The molecule has 0 saturated carbocycles. The second kappa shape index (κ2) is 21.7.